The summed E-state index contributed by atoms with van der Waals surface area (Å²) in [5.74, 6) is 0.838. The van der Waals surface area contributed by atoms with Crippen LogP contribution in [0.2, 0.25) is 0 Å². The highest BCUT2D eigenvalue weighted by Gasteiger charge is 2.24. The number of benzene rings is 16. The smallest absolute Gasteiger partial charge is 0.160 e. The second-order valence-electron chi connectivity index (χ2n) is 36.8. The highest BCUT2D eigenvalue weighted by atomic mass is 32.1. The maximum Gasteiger partial charge on any atom is 0.160 e. The van der Waals surface area contributed by atoms with Crippen molar-refractivity contribution in [2.24, 2.45) is 0 Å². The Morgan fingerprint density at radius 3 is 1.15 bits per heavy atom. The van der Waals surface area contributed by atoms with Gasteiger partial charge in [0.2, 0.25) is 0 Å². The van der Waals surface area contributed by atoms with Gasteiger partial charge in [0.15, 0.2) is 5.82 Å². The Kier molecular flexibility index (Phi) is 23.1. The SMILES string of the molecule is C1=CCCC(c2cc(-n3c4ccccc4c4ccc5sccc5c43)cnn2)=C1.C=Cc1cnncc1C=C.c1ccc(-c2ccc(-n3c4ccccc4c4ccc5sccc5c43)nn2)cc1.c1ccc2c(-c3ccc(-n4c5ccccc5c5ccc6sccc6c54)cc3)cncc2c1.c1ccc2c(c1)[nH]c1c3ccsc3ccc21.c1ccc2c(c1)c1ccccc1n2-c1ccc(-n2c3ccccc3c3ccc4sccc4c32)cc1. The molecule has 0 aliphatic heterocycles. The highest BCUT2D eigenvalue weighted by Crippen LogP contribution is 2.46. The van der Waals surface area contributed by atoms with Crippen LogP contribution in [0.5, 0.6) is 0 Å². The van der Waals surface area contributed by atoms with Crippen molar-refractivity contribution in [3.05, 3.63) is 488 Å². The number of nitrogens with one attached hydrogen (secondary N) is 1. The normalized spacial score (nSPS) is 12.0. The third kappa shape index (κ3) is 15.8. The first kappa shape index (κ1) is 89.6. The molecule has 0 amide bonds. The van der Waals surface area contributed by atoms with Gasteiger partial charge in [0, 0.05) is 178 Å². The van der Waals surface area contributed by atoms with E-state index in [0.29, 0.717) is 0 Å². The minimum absolute atomic E-state index is 0.838. The molecule has 32 rings (SSSR count). The molecule has 0 radical (unpaired) electrons. The van der Waals surface area contributed by atoms with Crippen molar-refractivity contribution in [2.75, 3.05) is 0 Å². The van der Waals surface area contributed by atoms with Crippen molar-refractivity contribution in [1.82, 2.24) is 63.4 Å². The van der Waals surface area contributed by atoms with Crippen LogP contribution < -0.4 is 0 Å². The van der Waals surface area contributed by atoms with Crippen molar-refractivity contribution < 1.29 is 0 Å². The van der Waals surface area contributed by atoms with Gasteiger partial charge in [-0.3, -0.25) is 9.55 Å². The number of nitrogens with zero attached hydrogens (tertiary/aromatic N) is 12. The average molecular weight is 2000 g/mol. The number of para-hydroxylation sites is 7. The molecule has 0 bridgehead atoms. The molecule has 149 heavy (non-hydrogen) atoms. The van der Waals surface area contributed by atoms with E-state index < -0.39 is 0 Å². The molecule has 18 heteroatoms. The van der Waals surface area contributed by atoms with Gasteiger partial charge in [-0.1, -0.05) is 268 Å². The van der Waals surface area contributed by atoms with Crippen LogP contribution in [0.25, 0.3) is 261 Å². The number of aromatic amines is 1. The lowest BCUT2D eigenvalue weighted by molar-refractivity contribution is 0.956. The van der Waals surface area contributed by atoms with Crippen LogP contribution in [0.15, 0.2) is 471 Å². The van der Waals surface area contributed by atoms with Gasteiger partial charge in [0.25, 0.3) is 0 Å². The van der Waals surface area contributed by atoms with Crippen LogP contribution in [-0.2, 0) is 0 Å². The number of rotatable bonds is 10. The number of aromatic nitrogens is 13. The largest absolute Gasteiger partial charge is 0.354 e. The fourth-order valence-electron chi connectivity index (χ4n) is 21.9. The molecule has 1 aliphatic carbocycles. The molecule has 1 aliphatic rings. The van der Waals surface area contributed by atoms with E-state index >= 15 is 0 Å². The standard InChI is InChI=1S/C32H20N2S.C29H18N2S.C24H15N3S.C24H17N3S.C14H9NS.C8H8N2/c1-4-10-28-23(7-1)24-8-2-5-11-29(24)33(28)21-13-15-22(16-14-21)34-30-12-6-3-9-25(30)26-17-18-31-27(32(26)34)19-20-35-31;1-2-6-22-20(5-1)17-30-18-26(22)19-9-11-21(12-10-19)31-27-8-4-3-7-23(27)24-13-14-28-25(29(24)31)15-16-32-28;1-2-6-16(7-3-1)20-11-13-23(26-25-20)27-21-9-5-4-8-17(21)18-10-12-22-19(24(18)27)14-15-28-22;1-2-6-16(7-3-1)21-14-17(15-25-26-21)27-22-9-5-4-8-18(22)19-10-11-23-20(24(19)27)12-13-28-23;1-2-4-12-9(3-1)10-5-6-13-11(7-8-16-13)14(10)15-12;1-3-7-5-9-10-6-8(7)4-2/h1-20H;1-18H;1-15H;1-2,4-6,8-15H,3,7H2;1-8,15H;3-6H,1-2H2. The average Bonchev–Trinajstić information content (AvgIpc) is 1.62. The van der Waals surface area contributed by atoms with Gasteiger partial charge in [-0.25, -0.2) is 0 Å². The van der Waals surface area contributed by atoms with Crippen LogP contribution in [0, 0.1) is 0 Å². The van der Waals surface area contributed by atoms with E-state index in [9.17, 15) is 0 Å². The Morgan fingerprint density at radius 2 is 0.678 bits per heavy atom. The Morgan fingerprint density at radius 1 is 0.275 bits per heavy atom. The number of hydrogen-bond acceptors (Lipinski definition) is 12. The number of pyridine rings is 1. The van der Waals surface area contributed by atoms with E-state index in [2.05, 4.69) is 480 Å². The highest BCUT2D eigenvalue weighted by molar-refractivity contribution is 7.18. The topological polar surface area (TPSA) is 131 Å². The summed E-state index contributed by atoms with van der Waals surface area (Å²) in [6.45, 7) is 7.25. The molecule has 0 unspecified atom stereocenters. The lowest BCUT2D eigenvalue weighted by Crippen LogP contribution is -2.00. The van der Waals surface area contributed by atoms with Crippen LogP contribution in [0.4, 0.5) is 0 Å². The summed E-state index contributed by atoms with van der Waals surface area (Å²) in [6, 6.07) is 137. The summed E-state index contributed by atoms with van der Waals surface area (Å²) >= 11 is 8.94. The fourth-order valence-corrected chi connectivity index (χ4v) is 25.8. The third-order valence-corrected chi connectivity index (χ3v) is 33.1. The van der Waals surface area contributed by atoms with E-state index in [0.717, 1.165) is 68.9 Å². The van der Waals surface area contributed by atoms with Gasteiger partial charge in [0.1, 0.15) is 0 Å². The van der Waals surface area contributed by atoms with E-state index in [4.69, 9.17) is 0 Å². The van der Waals surface area contributed by atoms with E-state index in [1.165, 1.54) is 209 Å². The van der Waals surface area contributed by atoms with E-state index in [-0.39, 0.29) is 0 Å². The Bertz CT molecular complexity index is 10600. The Hall–Kier alpha value is -18.3. The van der Waals surface area contributed by atoms with Crippen LogP contribution in [0.1, 0.15) is 29.7 Å². The summed E-state index contributed by atoms with van der Waals surface area (Å²) < 4.78 is 18.4. The molecule has 0 fully saturated rings. The number of H-pyrrole nitrogens is 1. The molecule has 13 nitrogen and oxygen atoms in total. The Labute approximate surface area is 874 Å². The van der Waals surface area contributed by atoms with Crippen molar-refractivity contribution in [3.8, 4) is 51.0 Å². The van der Waals surface area contributed by atoms with Crippen molar-refractivity contribution in [1.29, 1.82) is 0 Å². The predicted octanol–water partition coefficient (Wildman–Crippen LogP) is 36.6. The molecule has 706 valence electrons. The van der Waals surface area contributed by atoms with Crippen molar-refractivity contribution in [3.63, 3.8) is 0 Å². The first-order chi connectivity index (χ1) is 73.9. The Balaban J connectivity index is 0.0000000908. The first-order valence-corrected chi connectivity index (χ1v) is 53.9. The van der Waals surface area contributed by atoms with Crippen LogP contribution >= 0.6 is 56.7 Å². The number of allylic oxidation sites excluding steroid dienone is 4. The number of fused-ring (bicyclic) bond motifs is 29. The molecule has 0 atom stereocenters. The molecule has 16 aromatic carbocycles. The van der Waals surface area contributed by atoms with Crippen molar-refractivity contribution in [2.45, 2.75) is 12.8 Å². The third-order valence-electron chi connectivity index (χ3n) is 28.6. The zero-order valence-electron chi connectivity index (χ0n) is 80.3. The minimum atomic E-state index is 0.838. The molecular formula is C131H87N13S5. The van der Waals surface area contributed by atoms with E-state index in [1.807, 2.05) is 42.9 Å². The summed E-state index contributed by atoms with van der Waals surface area (Å²) in [4.78, 5) is 7.98. The molecule has 31 aromatic rings. The summed E-state index contributed by atoms with van der Waals surface area (Å²) in [7, 11) is 0. The lowest BCUT2D eigenvalue weighted by Gasteiger charge is -2.12. The molecule has 0 saturated carbocycles. The molecule has 0 spiro atoms. The summed E-state index contributed by atoms with van der Waals surface area (Å²) in [5, 5.41) is 60.5. The predicted molar refractivity (Wildman–Crippen MR) is 636 cm³/mol. The monoisotopic (exact) mass is 2000 g/mol. The van der Waals surface area contributed by atoms with Gasteiger partial charge in [-0.15, -0.1) is 66.9 Å². The minimum Gasteiger partial charge on any atom is -0.354 e. The quantitative estimate of drug-likeness (QED) is 0.144. The molecule has 0 saturated heterocycles. The lowest BCUT2D eigenvalue weighted by atomic mass is 10.0. The van der Waals surface area contributed by atoms with Gasteiger partial charge in [-0.05, 0) is 214 Å². The molecule has 15 aromatic heterocycles. The van der Waals surface area contributed by atoms with Crippen LogP contribution in [-0.4, -0.2) is 63.4 Å². The van der Waals surface area contributed by atoms with Crippen molar-refractivity contribution >= 4 is 266 Å². The van der Waals surface area contributed by atoms with Crippen LogP contribution in [0.3, 0.4) is 0 Å². The first-order valence-electron chi connectivity index (χ1n) is 49.5. The number of hydrogen-bond donors (Lipinski definition) is 1. The van der Waals surface area contributed by atoms with E-state index in [1.54, 1.807) is 81.2 Å². The zero-order chi connectivity index (χ0) is 98.9. The van der Waals surface area contributed by atoms with Gasteiger partial charge < -0.3 is 23.3 Å². The summed E-state index contributed by atoms with van der Waals surface area (Å²) in [5.41, 5.74) is 27.8. The molecular weight excluding hydrogens is 1920 g/mol. The second kappa shape index (κ2) is 38.4. The number of thiophene rings is 5. The maximum atomic E-state index is 4.61. The molecule has 15 heterocycles. The van der Waals surface area contributed by atoms with Gasteiger partial charge >= 0.3 is 0 Å². The maximum absolute atomic E-state index is 4.61. The fraction of sp³-hybridized carbons (Fsp3) is 0.0153. The zero-order valence-corrected chi connectivity index (χ0v) is 84.4. The van der Waals surface area contributed by atoms with Gasteiger partial charge in [0.05, 0.1) is 96.3 Å². The van der Waals surface area contributed by atoms with Gasteiger partial charge in [-0.2, -0.15) is 20.4 Å². The molecule has 1 N–H and O–H groups in total. The second-order valence-corrected chi connectivity index (χ2v) is 41.6. The summed E-state index contributed by atoms with van der Waals surface area (Å²) in [6.07, 6.45) is 21.1.